The van der Waals surface area contributed by atoms with E-state index in [1.54, 1.807) is 13.3 Å². The van der Waals surface area contributed by atoms with Crippen molar-refractivity contribution in [1.82, 2.24) is 20.2 Å². The standard InChI is InChI=1S/C13H24N4O3S/c1-20-8-4-2-3-7-16-21(18,19)13-11(10-15-17-13)9-14-12-5-6-12/h10,12,14,16H,2-9H2,1H3,(H,15,17). The summed E-state index contributed by atoms with van der Waals surface area (Å²) in [4.78, 5) is 0. The lowest BCUT2D eigenvalue weighted by Gasteiger charge is -2.07. The Morgan fingerprint density at radius 3 is 2.90 bits per heavy atom. The number of nitrogens with one attached hydrogen (secondary N) is 3. The zero-order valence-electron chi connectivity index (χ0n) is 12.4. The van der Waals surface area contributed by atoms with Crippen molar-refractivity contribution in [2.24, 2.45) is 0 Å². The summed E-state index contributed by atoms with van der Waals surface area (Å²) >= 11 is 0. The van der Waals surface area contributed by atoms with Crippen LogP contribution >= 0.6 is 0 Å². The molecule has 0 aromatic carbocycles. The number of unbranched alkanes of at least 4 members (excludes halogenated alkanes) is 2. The lowest BCUT2D eigenvalue weighted by Crippen LogP contribution is -2.27. The van der Waals surface area contributed by atoms with E-state index >= 15 is 0 Å². The monoisotopic (exact) mass is 316 g/mol. The highest BCUT2D eigenvalue weighted by atomic mass is 32.2. The van der Waals surface area contributed by atoms with Crippen LogP contribution in [0.5, 0.6) is 0 Å². The molecular formula is C13H24N4O3S. The van der Waals surface area contributed by atoms with Gasteiger partial charge >= 0.3 is 0 Å². The number of hydrogen-bond acceptors (Lipinski definition) is 5. The van der Waals surface area contributed by atoms with Crippen molar-refractivity contribution in [3.05, 3.63) is 11.8 Å². The van der Waals surface area contributed by atoms with Gasteiger partial charge in [-0.3, -0.25) is 5.10 Å². The van der Waals surface area contributed by atoms with Gasteiger partial charge in [0.2, 0.25) is 0 Å². The van der Waals surface area contributed by atoms with E-state index in [2.05, 4.69) is 20.2 Å². The third kappa shape index (κ3) is 5.39. The van der Waals surface area contributed by atoms with Crippen molar-refractivity contribution < 1.29 is 13.2 Å². The molecule has 0 amide bonds. The number of hydrogen-bond donors (Lipinski definition) is 3. The second-order valence-corrected chi connectivity index (χ2v) is 7.03. The largest absolute Gasteiger partial charge is 0.385 e. The number of nitrogens with zero attached hydrogens (tertiary/aromatic N) is 1. The van der Waals surface area contributed by atoms with Gasteiger partial charge in [-0.2, -0.15) is 5.10 Å². The van der Waals surface area contributed by atoms with E-state index in [1.165, 1.54) is 12.8 Å². The Morgan fingerprint density at radius 1 is 1.38 bits per heavy atom. The quantitative estimate of drug-likeness (QED) is 0.524. The molecule has 0 atom stereocenters. The van der Waals surface area contributed by atoms with Crippen molar-refractivity contribution in [3.63, 3.8) is 0 Å². The first-order chi connectivity index (χ1) is 10.1. The van der Waals surface area contributed by atoms with Gasteiger partial charge < -0.3 is 10.1 Å². The van der Waals surface area contributed by atoms with Gasteiger partial charge in [0.05, 0.1) is 6.20 Å². The molecule has 120 valence electrons. The molecule has 0 radical (unpaired) electrons. The Morgan fingerprint density at radius 2 is 2.19 bits per heavy atom. The van der Waals surface area contributed by atoms with Gasteiger partial charge in [-0.1, -0.05) is 0 Å². The minimum atomic E-state index is -3.51. The summed E-state index contributed by atoms with van der Waals surface area (Å²) in [6.45, 7) is 1.68. The molecule has 3 N–H and O–H groups in total. The fourth-order valence-electron chi connectivity index (χ4n) is 2.03. The van der Waals surface area contributed by atoms with Crippen molar-refractivity contribution in [2.45, 2.75) is 49.7 Å². The van der Waals surface area contributed by atoms with Gasteiger partial charge in [0.15, 0.2) is 5.03 Å². The summed E-state index contributed by atoms with van der Waals surface area (Å²) in [5.41, 5.74) is 0.689. The first-order valence-electron chi connectivity index (χ1n) is 7.37. The second-order valence-electron chi connectivity index (χ2n) is 5.33. The van der Waals surface area contributed by atoms with Crippen LogP contribution in [0.1, 0.15) is 37.7 Å². The van der Waals surface area contributed by atoms with Gasteiger partial charge in [-0.05, 0) is 32.1 Å². The number of aromatic nitrogens is 2. The molecule has 1 fully saturated rings. The highest BCUT2D eigenvalue weighted by molar-refractivity contribution is 7.89. The zero-order chi connectivity index (χ0) is 15.1. The van der Waals surface area contributed by atoms with Gasteiger partial charge in [-0.15, -0.1) is 0 Å². The summed E-state index contributed by atoms with van der Waals surface area (Å²) in [6, 6.07) is 0.532. The van der Waals surface area contributed by atoms with E-state index in [9.17, 15) is 8.42 Å². The van der Waals surface area contributed by atoms with Crippen LogP contribution < -0.4 is 10.0 Å². The Kier molecular flexibility index (Phi) is 6.16. The number of H-pyrrole nitrogens is 1. The number of sulfonamides is 1. The van der Waals surface area contributed by atoms with Crippen molar-refractivity contribution >= 4 is 10.0 Å². The first-order valence-corrected chi connectivity index (χ1v) is 8.86. The van der Waals surface area contributed by atoms with Crippen LogP contribution in [0, 0.1) is 0 Å². The highest BCUT2D eigenvalue weighted by Crippen LogP contribution is 2.20. The molecule has 8 heteroatoms. The minimum absolute atomic E-state index is 0.174. The molecule has 1 aromatic heterocycles. The molecular weight excluding hydrogens is 292 g/mol. The Labute approximate surface area is 125 Å². The fraction of sp³-hybridized carbons (Fsp3) is 0.769. The van der Waals surface area contributed by atoms with Crippen LogP contribution in [0.15, 0.2) is 11.2 Å². The smallest absolute Gasteiger partial charge is 0.257 e. The molecule has 21 heavy (non-hydrogen) atoms. The lowest BCUT2D eigenvalue weighted by molar-refractivity contribution is 0.192. The molecule has 0 bridgehead atoms. The predicted molar refractivity (Wildman–Crippen MR) is 79.4 cm³/mol. The third-order valence-corrected chi connectivity index (χ3v) is 4.90. The molecule has 1 saturated carbocycles. The third-order valence-electron chi connectivity index (χ3n) is 3.42. The van der Waals surface area contributed by atoms with Crippen LogP contribution in [-0.2, 0) is 21.3 Å². The van der Waals surface area contributed by atoms with Crippen molar-refractivity contribution in [1.29, 1.82) is 0 Å². The fourth-order valence-corrected chi connectivity index (χ4v) is 3.23. The van der Waals surface area contributed by atoms with Crippen LogP contribution in [0.25, 0.3) is 0 Å². The molecule has 2 rings (SSSR count). The van der Waals surface area contributed by atoms with Gasteiger partial charge in [-0.25, -0.2) is 13.1 Å². The molecule has 0 spiro atoms. The van der Waals surface area contributed by atoms with Crippen LogP contribution in [0.2, 0.25) is 0 Å². The van der Waals surface area contributed by atoms with E-state index in [4.69, 9.17) is 4.74 Å². The molecule has 1 heterocycles. The first kappa shape index (κ1) is 16.4. The van der Waals surface area contributed by atoms with Gasteiger partial charge in [0, 0.05) is 38.4 Å². The maximum Gasteiger partial charge on any atom is 0.257 e. The van der Waals surface area contributed by atoms with E-state index in [-0.39, 0.29) is 5.03 Å². The average Bonchev–Trinajstić information content (AvgIpc) is 3.16. The maximum atomic E-state index is 12.2. The Hall–Kier alpha value is -0.960. The summed E-state index contributed by atoms with van der Waals surface area (Å²) in [7, 11) is -1.84. The topological polar surface area (TPSA) is 96.1 Å². The van der Waals surface area contributed by atoms with E-state index < -0.39 is 10.0 Å². The van der Waals surface area contributed by atoms with Crippen molar-refractivity contribution in [3.8, 4) is 0 Å². The van der Waals surface area contributed by atoms with Crippen molar-refractivity contribution in [2.75, 3.05) is 20.3 Å². The van der Waals surface area contributed by atoms with Crippen LogP contribution in [0.4, 0.5) is 0 Å². The van der Waals surface area contributed by atoms with Gasteiger partial charge in [0.1, 0.15) is 0 Å². The average molecular weight is 316 g/mol. The van der Waals surface area contributed by atoms with E-state index in [0.717, 1.165) is 19.3 Å². The SMILES string of the molecule is COCCCCCNS(=O)(=O)c1[nH]ncc1CNC1CC1. The summed E-state index contributed by atoms with van der Waals surface area (Å²) < 4.78 is 32.0. The molecule has 1 aliphatic carbocycles. The molecule has 0 unspecified atom stereocenters. The molecule has 7 nitrogen and oxygen atoms in total. The molecule has 0 aliphatic heterocycles. The zero-order valence-corrected chi connectivity index (χ0v) is 13.2. The second kappa shape index (κ2) is 7.88. The summed E-state index contributed by atoms with van der Waals surface area (Å²) in [5.74, 6) is 0. The Balaban J connectivity index is 1.79. The number of aromatic amines is 1. The number of rotatable bonds is 11. The maximum absolute atomic E-state index is 12.2. The van der Waals surface area contributed by atoms with Gasteiger partial charge in [0.25, 0.3) is 10.0 Å². The van der Waals surface area contributed by atoms with Crippen LogP contribution in [-0.4, -0.2) is 44.9 Å². The molecule has 0 saturated heterocycles. The lowest BCUT2D eigenvalue weighted by atomic mass is 10.2. The molecule has 1 aliphatic rings. The Bertz CT molecular complexity index is 525. The number of ether oxygens (including phenoxy) is 1. The highest BCUT2D eigenvalue weighted by Gasteiger charge is 2.24. The van der Waals surface area contributed by atoms with Crippen LogP contribution in [0.3, 0.4) is 0 Å². The number of methoxy groups -OCH3 is 1. The summed E-state index contributed by atoms with van der Waals surface area (Å²) in [5, 5.41) is 9.92. The molecule has 1 aromatic rings. The van der Waals surface area contributed by atoms with E-state index in [1.807, 2.05) is 0 Å². The normalized spacial score (nSPS) is 15.5. The minimum Gasteiger partial charge on any atom is -0.385 e. The summed E-state index contributed by atoms with van der Waals surface area (Å²) in [6.07, 6.45) is 6.59. The van der Waals surface area contributed by atoms with E-state index in [0.29, 0.717) is 31.3 Å². The predicted octanol–water partition coefficient (Wildman–Crippen LogP) is 0.757.